The van der Waals surface area contributed by atoms with Crippen LogP contribution in [0.5, 0.6) is 0 Å². The minimum Gasteiger partial charge on any atom is -0.478 e. The van der Waals surface area contributed by atoms with Crippen LogP contribution in [0.15, 0.2) is 11.6 Å². The fraction of sp³-hybridized carbons (Fsp3) is 0.400. The topological polar surface area (TPSA) is 63.3 Å². The van der Waals surface area contributed by atoms with Crippen LogP contribution in [0.2, 0.25) is 0 Å². The average molecular weight is 113 g/mol. The molecule has 0 aromatic rings. The number of carboxylic acids is 1. The first kappa shape index (κ1) is 5.31. The first-order valence-electron chi connectivity index (χ1n) is 2.40. The monoisotopic (exact) mass is 113 g/mol. The Balaban J connectivity index is 2.35. The van der Waals surface area contributed by atoms with Gasteiger partial charge in [0.05, 0.1) is 0 Å². The van der Waals surface area contributed by atoms with Crippen LogP contribution >= 0.6 is 0 Å². The zero-order valence-electron chi connectivity index (χ0n) is 4.29. The van der Waals surface area contributed by atoms with Crippen LogP contribution in [0.1, 0.15) is 0 Å². The van der Waals surface area contributed by atoms with Crippen molar-refractivity contribution in [3.05, 3.63) is 11.6 Å². The van der Waals surface area contributed by atoms with Crippen molar-refractivity contribution in [2.45, 2.75) is 0 Å². The lowest BCUT2D eigenvalue weighted by Crippen LogP contribution is -2.06. The van der Waals surface area contributed by atoms with Crippen molar-refractivity contribution in [1.82, 2.24) is 0 Å². The van der Waals surface area contributed by atoms with Gasteiger partial charge in [-0.15, -0.1) is 0 Å². The minimum atomic E-state index is -0.833. The van der Waals surface area contributed by atoms with Crippen LogP contribution in [0, 0.1) is 5.92 Å². The number of nitrogens with two attached hydrogens (primary N) is 1. The van der Waals surface area contributed by atoms with Crippen LogP contribution < -0.4 is 5.73 Å². The highest BCUT2D eigenvalue weighted by Crippen LogP contribution is 2.26. The highest BCUT2D eigenvalue weighted by Gasteiger charge is 2.28. The Morgan fingerprint density at radius 1 is 2.00 bits per heavy atom. The summed E-state index contributed by atoms with van der Waals surface area (Å²) in [6, 6.07) is 0. The number of hydrogen-bond donors (Lipinski definition) is 2. The van der Waals surface area contributed by atoms with Crippen LogP contribution in [0.4, 0.5) is 0 Å². The van der Waals surface area contributed by atoms with Gasteiger partial charge in [0.25, 0.3) is 0 Å². The minimum absolute atomic E-state index is 0.0625. The quantitative estimate of drug-likeness (QED) is 0.511. The van der Waals surface area contributed by atoms with E-state index in [2.05, 4.69) is 0 Å². The van der Waals surface area contributed by atoms with Gasteiger partial charge in [0.15, 0.2) is 0 Å². The van der Waals surface area contributed by atoms with Crippen LogP contribution in [-0.4, -0.2) is 17.6 Å². The number of hydrogen-bond acceptors (Lipinski definition) is 2. The molecule has 0 saturated heterocycles. The molecule has 3 heteroatoms. The van der Waals surface area contributed by atoms with Gasteiger partial charge >= 0.3 is 5.97 Å². The number of carboxylic acid groups (broad SMARTS) is 1. The molecule has 1 rings (SSSR count). The Kier molecular flexibility index (Phi) is 1.06. The first-order chi connectivity index (χ1) is 3.75. The second kappa shape index (κ2) is 1.59. The van der Waals surface area contributed by atoms with E-state index < -0.39 is 5.97 Å². The van der Waals surface area contributed by atoms with Crippen molar-refractivity contribution < 1.29 is 9.90 Å². The SMILES string of the molecule is NCC1C=C1C(=O)O. The summed E-state index contributed by atoms with van der Waals surface area (Å²) in [6.45, 7) is 0.432. The molecule has 0 saturated carbocycles. The highest BCUT2D eigenvalue weighted by atomic mass is 16.4. The molecule has 1 aliphatic rings. The molecule has 3 N–H and O–H groups in total. The van der Waals surface area contributed by atoms with E-state index in [1.54, 1.807) is 6.08 Å². The summed E-state index contributed by atoms with van der Waals surface area (Å²) in [5.41, 5.74) is 5.61. The fourth-order valence-electron chi connectivity index (χ4n) is 0.594. The van der Waals surface area contributed by atoms with Gasteiger partial charge in [0, 0.05) is 18.0 Å². The molecule has 1 unspecified atom stereocenters. The summed E-state index contributed by atoms with van der Waals surface area (Å²) in [7, 11) is 0. The van der Waals surface area contributed by atoms with Gasteiger partial charge in [0.1, 0.15) is 0 Å². The zero-order valence-corrected chi connectivity index (χ0v) is 4.29. The molecule has 0 aromatic heterocycles. The van der Waals surface area contributed by atoms with Gasteiger partial charge in [-0.05, 0) is 0 Å². The van der Waals surface area contributed by atoms with Gasteiger partial charge in [-0.25, -0.2) is 4.79 Å². The maximum Gasteiger partial charge on any atom is 0.331 e. The highest BCUT2D eigenvalue weighted by molar-refractivity contribution is 5.92. The molecule has 1 aliphatic carbocycles. The molecule has 0 bridgehead atoms. The molecule has 1 atom stereocenters. The molecule has 44 valence electrons. The van der Waals surface area contributed by atoms with Gasteiger partial charge in [-0.2, -0.15) is 0 Å². The second-order valence-corrected chi connectivity index (χ2v) is 1.77. The average Bonchev–Trinajstić information content (AvgIpc) is 2.42. The van der Waals surface area contributed by atoms with Crippen molar-refractivity contribution >= 4 is 5.97 Å². The summed E-state index contributed by atoms with van der Waals surface area (Å²) < 4.78 is 0. The third kappa shape index (κ3) is 0.721. The summed E-state index contributed by atoms with van der Waals surface area (Å²) in [5.74, 6) is -0.770. The van der Waals surface area contributed by atoms with E-state index in [1.807, 2.05) is 0 Å². The smallest absolute Gasteiger partial charge is 0.331 e. The molecule has 0 radical (unpaired) electrons. The van der Waals surface area contributed by atoms with E-state index in [4.69, 9.17) is 10.8 Å². The van der Waals surface area contributed by atoms with E-state index in [0.717, 1.165) is 0 Å². The van der Waals surface area contributed by atoms with Gasteiger partial charge in [-0.3, -0.25) is 0 Å². The van der Waals surface area contributed by atoms with Crippen molar-refractivity contribution in [2.24, 2.45) is 11.7 Å². The molecule has 3 nitrogen and oxygen atoms in total. The van der Waals surface area contributed by atoms with E-state index in [-0.39, 0.29) is 5.92 Å². The molecule has 0 aliphatic heterocycles. The largest absolute Gasteiger partial charge is 0.478 e. The molecule has 0 heterocycles. The molecule has 0 aromatic carbocycles. The van der Waals surface area contributed by atoms with Crippen molar-refractivity contribution in [2.75, 3.05) is 6.54 Å². The Morgan fingerprint density at radius 3 is 2.75 bits per heavy atom. The molecule has 0 amide bonds. The van der Waals surface area contributed by atoms with Crippen molar-refractivity contribution in [3.63, 3.8) is 0 Å². The Morgan fingerprint density at radius 2 is 2.62 bits per heavy atom. The maximum atomic E-state index is 10.0. The molecular formula is C5H7NO2. The summed E-state index contributed by atoms with van der Waals surface area (Å²) >= 11 is 0. The lowest BCUT2D eigenvalue weighted by Gasteiger charge is -1.85. The standard InChI is InChI=1S/C5H7NO2/c6-2-3-1-4(3)5(7)8/h1,3H,2,6H2,(H,7,8). The van der Waals surface area contributed by atoms with E-state index in [1.165, 1.54) is 0 Å². The Hall–Kier alpha value is -0.830. The number of rotatable bonds is 2. The zero-order chi connectivity index (χ0) is 6.15. The number of carbonyl (C=O) groups is 1. The second-order valence-electron chi connectivity index (χ2n) is 1.77. The Labute approximate surface area is 46.8 Å². The summed E-state index contributed by atoms with van der Waals surface area (Å²) in [6.07, 6.45) is 1.66. The summed E-state index contributed by atoms with van der Waals surface area (Å²) in [5, 5.41) is 8.23. The normalized spacial score (nSPS) is 24.6. The van der Waals surface area contributed by atoms with E-state index in [9.17, 15) is 4.79 Å². The molecular weight excluding hydrogens is 106 g/mol. The molecule has 0 spiro atoms. The van der Waals surface area contributed by atoms with Crippen LogP contribution in [-0.2, 0) is 4.79 Å². The predicted octanol–water partition coefficient (Wildman–Crippen LogP) is -0.414. The third-order valence-electron chi connectivity index (χ3n) is 1.17. The maximum absolute atomic E-state index is 10.0. The van der Waals surface area contributed by atoms with Crippen LogP contribution in [0.3, 0.4) is 0 Å². The summed E-state index contributed by atoms with van der Waals surface area (Å²) in [4.78, 5) is 10.0. The lowest BCUT2D eigenvalue weighted by atomic mass is 10.3. The predicted molar refractivity (Wildman–Crippen MR) is 28.3 cm³/mol. The van der Waals surface area contributed by atoms with Crippen molar-refractivity contribution in [1.29, 1.82) is 0 Å². The first-order valence-corrected chi connectivity index (χ1v) is 2.40. The van der Waals surface area contributed by atoms with Gasteiger partial charge < -0.3 is 10.8 Å². The van der Waals surface area contributed by atoms with Crippen molar-refractivity contribution in [3.8, 4) is 0 Å². The fourth-order valence-corrected chi connectivity index (χ4v) is 0.594. The van der Waals surface area contributed by atoms with E-state index in [0.29, 0.717) is 12.1 Å². The molecule has 8 heavy (non-hydrogen) atoms. The van der Waals surface area contributed by atoms with Crippen LogP contribution in [0.25, 0.3) is 0 Å². The molecule has 0 fully saturated rings. The Bertz CT molecular complexity index is 151. The third-order valence-corrected chi connectivity index (χ3v) is 1.17. The van der Waals surface area contributed by atoms with E-state index >= 15 is 0 Å². The van der Waals surface area contributed by atoms with Gasteiger partial charge in [-0.1, -0.05) is 6.08 Å². The lowest BCUT2D eigenvalue weighted by molar-refractivity contribution is -0.132. The van der Waals surface area contributed by atoms with Gasteiger partial charge in [0.2, 0.25) is 0 Å². The number of aliphatic carboxylic acids is 1.